The van der Waals surface area contributed by atoms with Crippen LogP contribution in [-0.2, 0) is 65.4 Å². The average Bonchev–Trinajstić information content (AvgIpc) is 3.69. The first-order valence-corrected chi connectivity index (χ1v) is 39.5. The lowest BCUT2D eigenvalue weighted by Gasteiger charge is -2.21. The summed E-state index contributed by atoms with van der Waals surface area (Å²) in [7, 11) is -9.90. The van der Waals surface area contributed by atoms with Gasteiger partial charge in [0.2, 0.25) is 0 Å². The Hall–Kier alpha value is -1.94. The van der Waals surface area contributed by atoms with Crippen LogP contribution in [0.25, 0.3) is 0 Å². The van der Waals surface area contributed by atoms with Crippen molar-refractivity contribution in [2.24, 2.45) is 11.8 Å². The second kappa shape index (κ2) is 62.2. The number of carbonyl (C=O) groups excluding carboxylic acids is 4. The zero-order chi connectivity index (χ0) is 65.7. The molecule has 528 valence electrons. The van der Waals surface area contributed by atoms with Crippen LogP contribution in [0.4, 0.5) is 0 Å². The first-order valence-electron chi connectivity index (χ1n) is 36.5. The summed E-state index contributed by atoms with van der Waals surface area (Å²) in [4.78, 5) is 72.5. The quantitative estimate of drug-likeness (QED) is 0.0222. The minimum absolute atomic E-state index is 0.104. The maximum Gasteiger partial charge on any atom is 0.472 e. The van der Waals surface area contributed by atoms with Gasteiger partial charge >= 0.3 is 39.5 Å². The Morgan fingerprint density at radius 1 is 0.303 bits per heavy atom. The van der Waals surface area contributed by atoms with Crippen molar-refractivity contribution in [2.75, 3.05) is 39.6 Å². The molecule has 0 amide bonds. The molecule has 19 heteroatoms. The van der Waals surface area contributed by atoms with Crippen LogP contribution in [0.5, 0.6) is 0 Å². The smallest absolute Gasteiger partial charge is 0.462 e. The molecule has 0 aliphatic heterocycles. The predicted molar refractivity (Wildman–Crippen MR) is 358 cm³/mol. The third kappa shape index (κ3) is 64.6. The van der Waals surface area contributed by atoms with Gasteiger partial charge in [-0.15, -0.1) is 0 Å². The van der Waals surface area contributed by atoms with Gasteiger partial charge in [0, 0.05) is 25.7 Å². The topological polar surface area (TPSA) is 237 Å². The van der Waals surface area contributed by atoms with E-state index in [-0.39, 0.29) is 25.7 Å². The third-order valence-corrected chi connectivity index (χ3v) is 18.1. The van der Waals surface area contributed by atoms with E-state index in [4.69, 9.17) is 37.0 Å². The second-order valence-corrected chi connectivity index (χ2v) is 29.1. The van der Waals surface area contributed by atoms with Crippen LogP contribution in [0.2, 0.25) is 0 Å². The minimum Gasteiger partial charge on any atom is -0.462 e. The lowest BCUT2D eigenvalue weighted by molar-refractivity contribution is -0.161. The Kier molecular flexibility index (Phi) is 60.8. The molecule has 0 rings (SSSR count). The van der Waals surface area contributed by atoms with E-state index in [0.29, 0.717) is 31.6 Å². The van der Waals surface area contributed by atoms with Crippen molar-refractivity contribution >= 4 is 39.5 Å². The monoisotopic (exact) mass is 1310 g/mol. The number of aliphatic hydroxyl groups is 1. The second-order valence-electron chi connectivity index (χ2n) is 26.2. The van der Waals surface area contributed by atoms with Crippen LogP contribution in [0, 0.1) is 11.8 Å². The summed E-state index contributed by atoms with van der Waals surface area (Å²) < 4.78 is 68.2. The van der Waals surface area contributed by atoms with Crippen LogP contribution in [-0.4, -0.2) is 96.7 Å². The van der Waals surface area contributed by atoms with E-state index in [1.54, 1.807) is 0 Å². The van der Waals surface area contributed by atoms with Crippen molar-refractivity contribution in [3.8, 4) is 0 Å². The highest BCUT2D eigenvalue weighted by atomic mass is 31.2. The lowest BCUT2D eigenvalue weighted by Crippen LogP contribution is -2.30. The van der Waals surface area contributed by atoms with Crippen molar-refractivity contribution in [3.63, 3.8) is 0 Å². The molecule has 17 nitrogen and oxygen atoms in total. The summed E-state index contributed by atoms with van der Waals surface area (Å²) in [6, 6.07) is 0. The average molecular weight is 1310 g/mol. The fourth-order valence-corrected chi connectivity index (χ4v) is 12.2. The molecular weight excluding hydrogens is 1170 g/mol. The molecule has 0 saturated heterocycles. The number of hydrogen-bond acceptors (Lipinski definition) is 15. The van der Waals surface area contributed by atoms with E-state index >= 15 is 0 Å². The van der Waals surface area contributed by atoms with E-state index in [1.165, 1.54) is 173 Å². The van der Waals surface area contributed by atoms with Gasteiger partial charge in [-0.2, -0.15) is 0 Å². The Morgan fingerprint density at radius 3 is 0.764 bits per heavy atom. The maximum absolute atomic E-state index is 13.0. The third-order valence-electron chi connectivity index (χ3n) is 16.2. The van der Waals surface area contributed by atoms with Crippen molar-refractivity contribution in [1.29, 1.82) is 0 Å². The summed E-state index contributed by atoms with van der Waals surface area (Å²) in [6.45, 7) is 9.47. The molecule has 0 aliphatic rings. The number of rotatable bonds is 69. The molecule has 0 aromatic carbocycles. The minimum atomic E-state index is -4.95. The Balaban J connectivity index is 5.23. The molecule has 5 atom stereocenters. The highest BCUT2D eigenvalue weighted by Gasteiger charge is 2.30. The molecule has 0 aromatic rings. The molecule has 0 aliphatic carbocycles. The number of ether oxygens (including phenoxy) is 4. The number of hydrogen-bond donors (Lipinski definition) is 3. The van der Waals surface area contributed by atoms with Gasteiger partial charge < -0.3 is 33.8 Å². The summed E-state index contributed by atoms with van der Waals surface area (Å²) >= 11 is 0. The molecule has 0 fully saturated rings. The van der Waals surface area contributed by atoms with Gasteiger partial charge in [-0.3, -0.25) is 37.3 Å². The number of phosphoric ester groups is 2. The van der Waals surface area contributed by atoms with Crippen LogP contribution in [0.1, 0.15) is 356 Å². The van der Waals surface area contributed by atoms with Crippen molar-refractivity contribution in [3.05, 3.63) is 0 Å². The van der Waals surface area contributed by atoms with Crippen LogP contribution in [0.3, 0.4) is 0 Å². The van der Waals surface area contributed by atoms with Crippen molar-refractivity contribution < 1.29 is 80.2 Å². The molecule has 0 aromatic heterocycles. The van der Waals surface area contributed by atoms with E-state index in [0.717, 1.165) is 95.8 Å². The van der Waals surface area contributed by atoms with Crippen LogP contribution < -0.4 is 0 Å². The normalized spacial score (nSPS) is 14.1. The number of unbranched alkanes of at least 4 members (excludes halogenated alkanes) is 39. The molecule has 0 heterocycles. The fraction of sp³-hybridized carbons (Fsp3) is 0.943. The Bertz CT molecular complexity index is 1730. The molecule has 0 bridgehead atoms. The van der Waals surface area contributed by atoms with Crippen molar-refractivity contribution in [2.45, 2.75) is 374 Å². The highest BCUT2D eigenvalue weighted by Crippen LogP contribution is 2.45. The Morgan fingerprint density at radius 2 is 0.517 bits per heavy atom. The summed E-state index contributed by atoms with van der Waals surface area (Å²) in [5.74, 6) is -0.671. The zero-order valence-electron chi connectivity index (χ0n) is 57.7. The fourth-order valence-electron chi connectivity index (χ4n) is 10.6. The predicted octanol–water partition coefficient (Wildman–Crippen LogP) is 20.0. The van der Waals surface area contributed by atoms with Gasteiger partial charge in [0.15, 0.2) is 12.2 Å². The van der Waals surface area contributed by atoms with Gasteiger partial charge in [-0.1, -0.05) is 305 Å². The SMILES string of the molecule is CCCCCCCCCCCCCCCCCCC(=O)O[C@H](COC(=O)CCCCCCCCCCCCC(C)C)COP(=O)(O)OC[C@@H](O)COP(=O)(O)OC[C@@H](COC(=O)CCCCCCCCCCCC)OC(=O)CCCCCCCCCC(C)C. The zero-order valence-corrected chi connectivity index (χ0v) is 59.5. The van der Waals surface area contributed by atoms with Gasteiger partial charge in [-0.05, 0) is 37.5 Å². The molecule has 0 radical (unpaired) electrons. The first kappa shape index (κ1) is 87.1. The number of esters is 4. The number of phosphoric acid groups is 2. The Labute approximate surface area is 543 Å². The van der Waals surface area contributed by atoms with Gasteiger partial charge in [0.25, 0.3) is 0 Å². The van der Waals surface area contributed by atoms with Crippen LogP contribution in [0.15, 0.2) is 0 Å². The highest BCUT2D eigenvalue weighted by molar-refractivity contribution is 7.47. The molecule has 2 unspecified atom stereocenters. The first-order chi connectivity index (χ1) is 42.9. The number of carbonyl (C=O) groups is 4. The van der Waals surface area contributed by atoms with E-state index in [1.807, 2.05) is 0 Å². The molecule has 3 N–H and O–H groups in total. The lowest BCUT2D eigenvalue weighted by atomic mass is 10.0. The van der Waals surface area contributed by atoms with Crippen LogP contribution >= 0.6 is 15.6 Å². The van der Waals surface area contributed by atoms with E-state index < -0.39 is 97.5 Å². The number of aliphatic hydroxyl groups excluding tert-OH is 1. The molecule has 89 heavy (non-hydrogen) atoms. The summed E-state index contributed by atoms with van der Waals surface area (Å²) in [5, 5.41) is 10.6. The summed E-state index contributed by atoms with van der Waals surface area (Å²) in [6.07, 6.45) is 47.2. The summed E-state index contributed by atoms with van der Waals surface area (Å²) in [5.41, 5.74) is 0. The van der Waals surface area contributed by atoms with Crippen molar-refractivity contribution in [1.82, 2.24) is 0 Å². The molecule has 0 saturated carbocycles. The molecular formula is C70H136O17P2. The van der Waals surface area contributed by atoms with Gasteiger partial charge in [0.05, 0.1) is 26.4 Å². The maximum atomic E-state index is 13.0. The van der Waals surface area contributed by atoms with E-state index in [9.17, 15) is 43.2 Å². The van der Waals surface area contributed by atoms with Gasteiger partial charge in [0.1, 0.15) is 19.3 Å². The van der Waals surface area contributed by atoms with Gasteiger partial charge in [-0.25, -0.2) is 9.13 Å². The largest absolute Gasteiger partial charge is 0.472 e. The molecule has 0 spiro atoms. The standard InChI is InChI=1S/C70H136O17P2/c1-7-9-11-13-15-17-19-20-21-22-23-24-30-36-42-48-54-69(74)86-65(58-81-68(73)53-47-41-35-29-26-25-27-32-38-44-50-62(3)4)60-84-88(76,77)82-56-64(71)57-83-89(78,79)85-61-66(87-70(75)55-49-43-37-31-33-39-45-51-63(5)6)59-80-67(72)52-46-40-34-28-18-16-14-12-10-8-2/h62-66,71H,7-61H2,1-6H3,(H,76,77)(H,78,79)/t64-,65-,66-/m1/s1. The van der Waals surface area contributed by atoms with E-state index in [2.05, 4.69) is 41.5 Å².